The lowest BCUT2D eigenvalue weighted by Crippen LogP contribution is -2.25. The average molecular weight is 483 g/mol. The zero-order valence-corrected chi connectivity index (χ0v) is 18.3. The fourth-order valence-corrected chi connectivity index (χ4v) is 5.47. The number of carbonyl (C=O) groups excluding carboxylic acids is 2. The molecule has 2 aromatic carbocycles. The smallest absolute Gasteiger partial charge is 0.225 e. The number of thioether (sulfide) groups is 1. The second-order valence-electron chi connectivity index (χ2n) is 6.42. The van der Waals surface area contributed by atoms with Gasteiger partial charge in [0.15, 0.2) is 9.84 Å². The molecule has 0 bridgehead atoms. The van der Waals surface area contributed by atoms with Gasteiger partial charge in [0.25, 0.3) is 0 Å². The second-order valence-corrected chi connectivity index (χ2v) is 10.8. The minimum atomic E-state index is -3.73. The van der Waals surface area contributed by atoms with Crippen molar-refractivity contribution in [3.05, 3.63) is 46.9 Å². The summed E-state index contributed by atoms with van der Waals surface area (Å²) in [5, 5.41) is 4.54. The van der Waals surface area contributed by atoms with Gasteiger partial charge in [0, 0.05) is 33.7 Å². The van der Waals surface area contributed by atoms with Crippen molar-refractivity contribution in [3.8, 4) is 0 Å². The van der Waals surface area contributed by atoms with Crippen molar-refractivity contribution in [2.45, 2.75) is 34.8 Å². The minimum Gasteiger partial charge on any atom is -0.326 e. The van der Waals surface area contributed by atoms with Crippen LogP contribution in [0.3, 0.4) is 0 Å². The van der Waals surface area contributed by atoms with Crippen LogP contribution in [0.2, 0.25) is 0 Å². The van der Waals surface area contributed by atoms with Gasteiger partial charge in [-0.25, -0.2) is 8.42 Å². The van der Waals surface area contributed by atoms with E-state index in [9.17, 15) is 18.0 Å². The van der Waals surface area contributed by atoms with E-state index in [1.54, 1.807) is 24.3 Å². The van der Waals surface area contributed by atoms with Gasteiger partial charge in [-0.2, -0.15) is 0 Å². The third-order valence-electron chi connectivity index (χ3n) is 4.25. The Morgan fingerprint density at radius 1 is 1.29 bits per heavy atom. The third kappa shape index (κ3) is 4.95. The molecule has 0 aliphatic carbocycles. The predicted molar refractivity (Wildman–Crippen MR) is 114 cm³/mol. The number of carbonyl (C=O) groups is 2. The molecule has 0 radical (unpaired) electrons. The summed E-state index contributed by atoms with van der Waals surface area (Å²) in [6.07, 6.45) is 0.209. The standard InChI is InChI=1S/C19H19BrN2O4S2/c1-12(9-19(24)21-14-4-2-3-13(20)10-14)28(25,26)15-5-6-17-16(11-15)22-18(23)7-8-27-17/h2-6,10-12H,7-9H2,1H3,(H,21,24)(H,22,23)/t12-/m0/s1. The fraction of sp³-hybridized carbons (Fsp3) is 0.263. The molecular formula is C19H19BrN2O4S2. The molecule has 148 valence electrons. The van der Waals surface area contributed by atoms with Crippen LogP contribution in [0, 0.1) is 0 Å². The first-order valence-corrected chi connectivity index (χ1v) is 11.9. The van der Waals surface area contributed by atoms with E-state index in [0.29, 0.717) is 23.5 Å². The average Bonchev–Trinajstić information content (AvgIpc) is 2.81. The van der Waals surface area contributed by atoms with Crippen molar-refractivity contribution in [3.63, 3.8) is 0 Å². The Morgan fingerprint density at radius 3 is 2.82 bits per heavy atom. The minimum absolute atomic E-state index is 0.0943. The normalized spacial score (nSPS) is 15.1. The van der Waals surface area contributed by atoms with Gasteiger partial charge < -0.3 is 10.6 Å². The van der Waals surface area contributed by atoms with Crippen LogP contribution in [0.5, 0.6) is 0 Å². The van der Waals surface area contributed by atoms with E-state index >= 15 is 0 Å². The molecule has 0 spiro atoms. The Labute approximate surface area is 176 Å². The Kier molecular flexibility index (Phi) is 6.47. The maximum absolute atomic E-state index is 12.9. The van der Waals surface area contributed by atoms with Crippen molar-refractivity contribution >= 4 is 60.7 Å². The number of amides is 2. The maximum Gasteiger partial charge on any atom is 0.225 e. The lowest BCUT2D eigenvalue weighted by atomic mass is 10.3. The first-order valence-electron chi connectivity index (χ1n) is 8.62. The van der Waals surface area contributed by atoms with E-state index < -0.39 is 15.1 Å². The van der Waals surface area contributed by atoms with Gasteiger partial charge in [0.1, 0.15) is 0 Å². The molecule has 0 aromatic heterocycles. The van der Waals surface area contributed by atoms with Crippen LogP contribution in [0.4, 0.5) is 11.4 Å². The van der Waals surface area contributed by atoms with E-state index in [1.165, 1.54) is 30.8 Å². The number of fused-ring (bicyclic) bond motifs is 1. The van der Waals surface area contributed by atoms with Gasteiger partial charge in [0.05, 0.1) is 15.8 Å². The molecule has 1 heterocycles. The van der Waals surface area contributed by atoms with Crippen LogP contribution in [0.25, 0.3) is 0 Å². The predicted octanol–water partition coefficient (Wildman–Crippen LogP) is 4.07. The van der Waals surface area contributed by atoms with Crippen LogP contribution in [-0.2, 0) is 19.4 Å². The SMILES string of the molecule is C[C@@H](CC(=O)Nc1cccc(Br)c1)S(=O)(=O)c1ccc2c(c1)NC(=O)CCS2. The highest BCUT2D eigenvalue weighted by atomic mass is 79.9. The summed E-state index contributed by atoms with van der Waals surface area (Å²) < 4.78 is 26.7. The highest BCUT2D eigenvalue weighted by Crippen LogP contribution is 2.33. The molecule has 9 heteroatoms. The summed E-state index contributed by atoms with van der Waals surface area (Å²) in [5.74, 6) is 0.131. The summed E-state index contributed by atoms with van der Waals surface area (Å²) in [6, 6.07) is 11.8. The first-order chi connectivity index (χ1) is 13.3. The van der Waals surface area contributed by atoms with Crippen LogP contribution in [-0.4, -0.2) is 31.2 Å². The number of nitrogens with one attached hydrogen (secondary N) is 2. The molecule has 0 fully saturated rings. The lowest BCUT2D eigenvalue weighted by Gasteiger charge is -2.15. The molecule has 1 atom stereocenters. The number of anilines is 2. The van der Waals surface area contributed by atoms with Gasteiger partial charge in [-0.1, -0.05) is 22.0 Å². The summed E-state index contributed by atoms with van der Waals surface area (Å²) in [7, 11) is -3.73. The Balaban J connectivity index is 1.74. The van der Waals surface area contributed by atoms with Gasteiger partial charge >= 0.3 is 0 Å². The van der Waals surface area contributed by atoms with Crippen LogP contribution < -0.4 is 10.6 Å². The van der Waals surface area contributed by atoms with E-state index in [2.05, 4.69) is 26.6 Å². The van der Waals surface area contributed by atoms with Crippen molar-refractivity contribution in [1.82, 2.24) is 0 Å². The van der Waals surface area contributed by atoms with Gasteiger partial charge in [-0.05, 0) is 43.3 Å². The van der Waals surface area contributed by atoms with Gasteiger partial charge in [-0.3, -0.25) is 9.59 Å². The van der Waals surface area contributed by atoms with E-state index in [0.717, 1.165) is 9.37 Å². The molecule has 2 N–H and O–H groups in total. The van der Waals surface area contributed by atoms with Crippen molar-refractivity contribution in [2.24, 2.45) is 0 Å². The number of sulfone groups is 1. The summed E-state index contributed by atoms with van der Waals surface area (Å²) in [4.78, 5) is 25.0. The lowest BCUT2D eigenvalue weighted by molar-refractivity contribution is -0.116. The molecule has 3 rings (SSSR count). The van der Waals surface area contributed by atoms with Crippen LogP contribution >= 0.6 is 27.7 Å². The Bertz CT molecular complexity index is 1020. The van der Waals surface area contributed by atoms with E-state index in [1.807, 2.05) is 6.07 Å². The molecule has 2 amide bonds. The Morgan fingerprint density at radius 2 is 2.07 bits per heavy atom. The molecule has 0 unspecified atom stereocenters. The second kappa shape index (κ2) is 8.67. The highest BCUT2D eigenvalue weighted by Gasteiger charge is 2.27. The van der Waals surface area contributed by atoms with Crippen molar-refractivity contribution < 1.29 is 18.0 Å². The zero-order valence-electron chi connectivity index (χ0n) is 15.1. The Hall–Kier alpha value is -1.84. The third-order valence-corrected chi connectivity index (χ3v) is 7.96. The summed E-state index contributed by atoms with van der Waals surface area (Å²) >= 11 is 4.83. The fourth-order valence-electron chi connectivity index (χ4n) is 2.76. The number of halogens is 1. The van der Waals surface area contributed by atoms with E-state index in [4.69, 9.17) is 0 Å². The molecule has 1 aliphatic heterocycles. The van der Waals surface area contributed by atoms with Gasteiger partial charge in [-0.15, -0.1) is 11.8 Å². The number of benzene rings is 2. The highest BCUT2D eigenvalue weighted by molar-refractivity contribution is 9.10. The van der Waals surface area contributed by atoms with Gasteiger partial charge in [0.2, 0.25) is 11.8 Å². The molecular weight excluding hydrogens is 464 g/mol. The monoisotopic (exact) mass is 482 g/mol. The van der Waals surface area contributed by atoms with Crippen LogP contribution in [0.15, 0.2) is 56.7 Å². The first kappa shape index (κ1) is 20.9. The zero-order chi connectivity index (χ0) is 20.3. The van der Waals surface area contributed by atoms with Crippen LogP contribution in [0.1, 0.15) is 19.8 Å². The molecule has 2 aromatic rings. The summed E-state index contributed by atoms with van der Waals surface area (Å²) in [5.41, 5.74) is 1.09. The number of hydrogen-bond donors (Lipinski definition) is 2. The summed E-state index contributed by atoms with van der Waals surface area (Å²) in [6.45, 7) is 1.51. The number of hydrogen-bond acceptors (Lipinski definition) is 5. The van der Waals surface area contributed by atoms with Crippen molar-refractivity contribution in [1.29, 1.82) is 0 Å². The molecule has 6 nitrogen and oxygen atoms in total. The quantitative estimate of drug-likeness (QED) is 0.669. The maximum atomic E-state index is 12.9. The molecule has 0 saturated carbocycles. The van der Waals surface area contributed by atoms with E-state index in [-0.39, 0.29) is 23.1 Å². The van der Waals surface area contributed by atoms with Crippen molar-refractivity contribution in [2.75, 3.05) is 16.4 Å². The largest absolute Gasteiger partial charge is 0.326 e. The molecule has 1 aliphatic rings. The molecule has 0 saturated heterocycles. The molecule has 28 heavy (non-hydrogen) atoms. The number of rotatable bonds is 5. The topological polar surface area (TPSA) is 92.3 Å².